The third kappa shape index (κ3) is 4.10. The minimum atomic E-state index is -3.85. The molecule has 136 valence electrons. The van der Waals surface area contributed by atoms with Crippen LogP contribution in [0.3, 0.4) is 0 Å². The Morgan fingerprint density at radius 3 is 2.52 bits per heavy atom. The molecule has 25 heavy (non-hydrogen) atoms. The molecule has 0 radical (unpaired) electrons. The van der Waals surface area contributed by atoms with E-state index in [4.69, 9.17) is 26.0 Å². The molecule has 0 atom stereocenters. The number of ether oxygens (including phenoxy) is 1. The number of aromatic amines is 1. The van der Waals surface area contributed by atoms with Crippen molar-refractivity contribution in [3.63, 3.8) is 0 Å². The van der Waals surface area contributed by atoms with Gasteiger partial charge in [0.1, 0.15) is 0 Å². The fourth-order valence-corrected chi connectivity index (χ4v) is 4.22. The Bertz CT molecular complexity index is 905. The molecule has 1 N–H and O–H groups in total. The first-order chi connectivity index (χ1) is 11.9. The molecule has 0 spiro atoms. The maximum absolute atomic E-state index is 13.1. The molecular formula is C16H21N2O5PS. The van der Waals surface area contributed by atoms with Crippen molar-refractivity contribution in [2.24, 2.45) is 0 Å². The van der Waals surface area contributed by atoms with Crippen LogP contribution in [0.4, 0.5) is 0 Å². The van der Waals surface area contributed by atoms with E-state index in [0.717, 1.165) is 16.6 Å². The average Bonchev–Trinajstić information content (AvgIpc) is 2.86. The Hall–Kier alpha value is -1.73. The summed E-state index contributed by atoms with van der Waals surface area (Å²) in [6.07, 6.45) is 1.36. The number of hydrogen-bond acceptors (Lipinski definition) is 6. The van der Waals surface area contributed by atoms with Crippen molar-refractivity contribution < 1.29 is 23.1 Å². The largest absolute Gasteiger partial charge is 0.465 e. The fraction of sp³-hybridized carbons (Fsp3) is 0.375. The number of nitrogens with zero attached hydrogens (tertiary/aromatic N) is 1. The number of hydrogen-bond donors (Lipinski definition) is 1. The number of aryl methyl sites for hydroxylation is 1. The van der Waals surface area contributed by atoms with Gasteiger partial charge in [0.2, 0.25) is 0 Å². The number of fused-ring (bicyclic) bond motifs is 1. The SMILES string of the molecule is CCOP(=O)(OCC)/C(=C/n1c(=S)[nH]c2cc(C)ccc21)C(=O)OC. The van der Waals surface area contributed by atoms with Gasteiger partial charge in [-0.25, -0.2) is 4.79 Å². The zero-order valence-corrected chi connectivity index (χ0v) is 16.3. The van der Waals surface area contributed by atoms with Gasteiger partial charge in [0.15, 0.2) is 10.1 Å². The maximum atomic E-state index is 13.1. The second kappa shape index (κ2) is 8.10. The van der Waals surface area contributed by atoms with E-state index in [9.17, 15) is 9.36 Å². The molecule has 0 bridgehead atoms. The lowest BCUT2D eigenvalue weighted by Crippen LogP contribution is -2.11. The van der Waals surface area contributed by atoms with Gasteiger partial charge in [-0.1, -0.05) is 6.07 Å². The third-order valence-corrected chi connectivity index (χ3v) is 5.79. The molecule has 0 saturated heterocycles. The van der Waals surface area contributed by atoms with Crippen molar-refractivity contribution in [1.29, 1.82) is 0 Å². The number of carbonyl (C=O) groups is 1. The van der Waals surface area contributed by atoms with Gasteiger partial charge < -0.3 is 18.8 Å². The zero-order chi connectivity index (χ0) is 18.6. The first-order valence-electron chi connectivity index (χ1n) is 7.77. The Morgan fingerprint density at radius 1 is 1.32 bits per heavy atom. The molecule has 0 aliphatic carbocycles. The number of aromatic nitrogens is 2. The van der Waals surface area contributed by atoms with Crippen LogP contribution in [0, 0.1) is 11.7 Å². The summed E-state index contributed by atoms with van der Waals surface area (Å²) in [5.41, 5.74) is 2.59. The molecule has 1 aromatic heterocycles. The average molecular weight is 384 g/mol. The predicted molar refractivity (Wildman–Crippen MR) is 99.0 cm³/mol. The summed E-state index contributed by atoms with van der Waals surface area (Å²) in [6.45, 7) is 5.53. The monoisotopic (exact) mass is 384 g/mol. The second-order valence-electron chi connectivity index (χ2n) is 5.16. The van der Waals surface area contributed by atoms with Gasteiger partial charge in [-0.05, 0) is 50.7 Å². The van der Waals surface area contributed by atoms with E-state index in [1.54, 1.807) is 18.4 Å². The molecule has 2 aromatic rings. The van der Waals surface area contributed by atoms with Crippen LogP contribution in [0.25, 0.3) is 17.2 Å². The fourth-order valence-electron chi connectivity index (χ4n) is 2.35. The number of H-pyrrole nitrogens is 1. The summed E-state index contributed by atoms with van der Waals surface area (Å²) in [6, 6.07) is 5.70. The Balaban J connectivity index is 2.70. The molecule has 0 aliphatic heterocycles. The second-order valence-corrected chi connectivity index (χ2v) is 7.54. The normalized spacial score (nSPS) is 12.6. The van der Waals surface area contributed by atoms with E-state index in [0.29, 0.717) is 4.77 Å². The van der Waals surface area contributed by atoms with Gasteiger partial charge in [-0.2, -0.15) is 0 Å². The zero-order valence-electron chi connectivity index (χ0n) is 14.6. The summed E-state index contributed by atoms with van der Waals surface area (Å²) in [4.78, 5) is 15.3. The molecule has 0 fully saturated rings. The van der Waals surface area contributed by atoms with E-state index >= 15 is 0 Å². The van der Waals surface area contributed by atoms with Gasteiger partial charge in [-0.15, -0.1) is 0 Å². The van der Waals surface area contributed by atoms with Crippen LogP contribution in [0.15, 0.2) is 23.5 Å². The first kappa shape index (κ1) is 19.6. The Kier molecular flexibility index (Phi) is 6.35. The molecule has 1 heterocycles. The van der Waals surface area contributed by atoms with Crippen LogP contribution in [-0.2, 0) is 23.1 Å². The number of carbonyl (C=O) groups excluding carboxylic acids is 1. The number of imidazole rings is 1. The number of esters is 1. The van der Waals surface area contributed by atoms with Crippen LogP contribution in [0.2, 0.25) is 0 Å². The van der Waals surface area contributed by atoms with Crippen LogP contribution in [0.1, 0.15) is 19.4 Å². The molecule has 2 rings (SSSR count). The summed E-state index contributed by atoms with van der Waals surface area (Å²) in [5.74, 6) is -0.798. The van der Waals surface area contributed by atoms with Crippen molar-refractivity contribution in [3.05, 3.63) is 33.8 Å². The Labute approximate surface area is 151 Å². The lowest BCUT2D eigenvalue weighted by molar-refractivity contribution is -0.135. The maximum Gasteiger partial charge on any atom is 0.370 e. The standard InChI is InChI=1S/C16H21N2O5PS/c1-5-22-24(20,23-6-2)14(15(19)21-4)10-18-13-8-7-11(3)9-12(13)17-16(18)25/h7-10H,5-6H2,1-4H3,(H,17,25)/b14-10+. The predicted octanol–water partition coefficient (Wildman–Crippen LogP) is 4.24. The number of methoxy groups -OCH3 is 1. The van der Waals surface area contributed by atoms with Crippen molar-refractivity contribution in [2.75, 3.05) is 20.3 Å². The van der Waals surface area contributed by atoms with E-state index in [1.807, 2.05) is 25.1 Å². The molecule has 0 aliphatic rings. The van der Waals surface area contributed by atoms with Crippen molar-refractivity contribution in [3.8, 4) is 0 Å². The molecule has 1 aromatic carbocycles. The highest BCUT2D eigenvalue weighted by Crippen LogP contribution is 2.56. The van der Waals surface area contributed by atoms with Crippen LogP contribution in [0.5, 0.6) is 0 Å². The van der Waals surface area contributed by atoms with E-state index in [2.05, 4.69) is 4.98 Å². The van der Waals surface area contributed by atoms with Gasteiger partial charge in [0, 0.05) is 6.20 Å². The third-order valence-electron chi connectivity index (χ3n) is 3.41. The van der Waals surface area contributed by atoms with E-state index < -0.39 is 13.6 Å². The van der Waals surface area contributed by atoms with Gasteiger partial charge in [0.05, 0.1) is 31.4 Å². The molecular weight excluding hydrogens is 363 g/mol. The molecule has 0 saturated carbocycles. The minimum Gasteiger partial charge on any atom is -0.465 e. The van der Waals surface area contributed by atoms with Crippen LogP contribution < -0.4 is 0 Å². The summed E-state index contributed by atoms with van der Waals surface area (Å²) in [5, 5.41) is -0.212. The van der Waals surface area contributed by atoms with Gasteiger partial charge in [-0.3, -0.25) is 9.13 Å². The van der Waals surface area contributed by atoms with Gasteiger partial charge in [0.25, 0.3) is 0 Å². The van der Waals surface area contributed by atoms with Crippen LogP contribution >= 0.6 is 19.8 Å². The lowest BCUT2D eigenvalue weighted by atomic mass is 10.2. The number of nitrogens with one attached hydrogen (secondary N) is 1. The van der Waals surface area contributed by atoms with Crippen molar-refractivity contribution in [1.82, 2.24) is 9.55 Å². The van der Waals surface area contributed by atoms with Gasteiger partial charge >= 0.3 is 13.6 Å². The molecule has 0 amide bonds. The quantitative estimate of drug-likeness (QED) is 0.333. The lowest BCUT2D eigenvalue weighted by Gasteiger charge is -2.18. The summed E-state index contributed by atoms with van der Waals surface area (Å²) < 4.78 is 30.3. The van der Waals surface area contributed by atoms with E-state index in [1.165, 1.54) is 13.3 Å². The van der Waals surface area contributed by atoms with Crippen molar-refractivity contribution in [2.45, 2.75) is 20.8 Å². The highest BCUT2D eigenvalue weighted by molar-refractivity contribution is 7.71. The highest BCUT2D eigenvalue weighted by Gasteiger charge is 2.36. The number of benzene rings is 1. The topological polar surface area (TPSA) is 82.5 Å². The first-order valence-corrected chi connectivity index (χ1v) is 9.72. The highest BCUT2D eigenvalue weighted by atomic mass is 32.1. The minimum absolute atomic E-state index is 0.115. The number of rotatable bonds is 7. The molecule has 7 nitrogen and oxygen atoms in total. The van der Waals surface area contributed by atoms with E-state index in [-0.39, 0.29) is 18.5 Å². The van der Waals surface area contributed by atoms with Crippen LogP contribution in [-0.4, -0.2) is 35.8 Å². The Morgan fingerprint density at radius 2 is 1.96 bits per heavy atom. The molecule has 9 heteroatoms. The molecule has 0 unspecified atom stereocenters. The summed E-state index contributed by atoms with van der Waals surface area (Å²) >= 11 is 5.33. The summed E-state index contributed by atoms with van der Waals surface area (Å²) in [7, 11) is -2.64. The van der Waals surface area contributed by atoms with Crippen molar-refractivity contribution >= 4 is 43.0 Å². The smallest absolute Gasteiger partial charge is 0.370 e.